The van der Waals surface area contributed by atoms with Gasteiger partial charge in [-0.25, -0.2) is 13.2 Å². The maximum absolute atomic E-state index is 13.5. The van der Waals surface area contributed by atoms with E-state index in [9.17, 15) is 23.1 Å². The van der Waals surface area contributed by atoms with Crippen LogP contribution in [0.2, 0.25) is 0 Å². The maximum Gasteiger partial charge on any atom is 0.336 e. The highest BCUT2D eigenvalue weighted by Gasteiger charge is 2.34. The van der Waals surface area contributed by atoms with E-state index in [4.69, 9.17) is 0 Å². The van der Waals surface area contributed by atoms with Gasteiger partial charge in [-0.15, -0.1) is 0 Å². The van der Waals surface area contributed by atoms with Crippen molar-refractivity contribution in [1.82, 2.24) is 14.6 Å². The number of piperidine rings is 1. The zero-order valence-corrected chi connectivity index (χ0v) is 21.6. The lowest BCUT2D eigenvalue weighted by Gasteiger charge is -2.34. The fourth-order valence-corrected chi connectivity index (χ4v) is 7.64. The maximum atomic E-state index is 13.5. The number of aromatic carboxylic acids is 1. The van der Waals surface area contributed by atoms with Gasteiger partial charge in [0.05, 0.1) is 16.0 Å². The number of aromatic nitrogens is 1. The van der Waals surface area contributed by atoms with Crippen LogP contribution in [0.1, 0.15) is 79.9 Å². The summed E-state index contributed by atoms with van der Waals surface area (Å²) in [5, 5.41) is 13.6. The van der Waals surface area contributed by atoms with Gasteiger partial charge in [-0.1, -0.05) is 19.8 Å². The van der Waals surface area contributed by atoms with Crippen molar-refractivity contribution >= 4 is 32.8 Å². The lowest BCUT2D eigenvalue weighted by atomic mass is 9.85. The Morgan fingerprint density at radius 2 is 1.75 bits per heavy atom. The summed E-state index contributed by atoms with van der Waals surface area (Å²) >= 11 is 0. The van der Waals surface area contributed by atoms with Crippen LogP contribution in [-0.2, 0) is 27.7 Å². The average molecular weight is 514 g/mol. The van der Waals surface area contributed by atoms with E-state index in [1.807, 2.05) is 0 Å². The number of hydrogen-bond acceptors (Lipinski definition) is 5. The number of carboxylic acid groups (broad SMARTS) is 1. The van der Waals surface area contributed by atoms with Crippen molar-refractivity contribution in [2.75, 3.05) is 13.1 Å². The molecule has 2 aromatic rings. The first kappa shape index (κ1) is 25.1. The van der Waals surface area contributed by atoms with Gasteiger partial charge in [-0.2, -0.15) is 4.31 Å². The van der Waals surface area contributed by atoms with Crippen LogP contribution in [0.25, 0.3) is 10.9 Å². The highest BCUT2D eigenvalue weighted by atomic mass is 32.2. The second-order valence-corrected chi connectivity index (χ2v) is 12.6. The fourth-order valence-electron chi connectivity index (χ4n) is 6.15. The zero-order chi connectivity index (χ0) is 25.4. The molecule has 9 heteroatoms. The highest BCUT2D eigenvalue weighted by molar-refractivity contribution is 7.89. The molecule has 36 heavy (non-hydrogen) atoms. The molecule has 2 N–H and O–H groups in total. The number of carbonyl (C=O) groups is 2. The number of fused-ring (bicyclic) bond motifs is 2. The van der Waals surface area contributed by atoms with E-state index in [1.165, 1.54) is 22.9 Å². The van der Waals surface area contributed by atoms with Gasteiger partial charge < -0.3 is 10.4 Å². The third-order valence-corrected chi connectivity index (χ3v) is 10.2. The van der Waals surface area contributed by atoms with E-state index in [0.29, 0.717) is 36.1 Å². The lowest BCUT2D eigenvalue weighted by molar-refractivity contribution is -0.127. The van der Waals surface area contributed by atoms with Gasteiger partial charge in [0, 0.05) is 36.1 Å². The van der Waals surface area contributed by atoms with E-state index in [0.717, 1.165) is 49.8 Å². The SMILES string of the molecule is CC1CCCCC1NC(=O)C1CCN(S(=O)(=O)c2ccc3nc4c(c(C(=O)O)c3c2)CCCC4)CC1. The summed E-state index contributed by atoms with van der Waals surface area (Å²) in [5.41, 5.74) is 2.23. The zero-order valence-electron chi connectivity index (χ0n) is 20.8. The van der Waals surface area contributed by atoms with Crippen LogP contribution < -0.4 is 5.32 Å². The Bertz CT molecular complexity index is 1280. The fraction of sp³-hybridized carbons (Fsp3) is 0.593. The second kappa shape index (κ2) is 10.1. The molecule has 1 saturated carbocycles. The van der Waals surface area contributed by atoms with E-state index < -0.39 is 16.0 Å². The topological polar surface area (TPSA) is 117 Å². The minimum absolute atomic E-state index is 0.0402. The summed E-state index contributed by atoms with van der Waals surface area (Å²) in [6.45, 7) is 2.73. The van der Waals surface area contributed by atoms with E-state index in [-0.39, 0.29) is 41.4 Å². The molecule has 8 nitrogen and oxygen atoms in total. The lowest BCUT2D eigenvalue weighted by Crippen LogP contribution is -2.47. The summed E-state index contributed by atoms with van der Waals surface area (Å²) in [4.78, 5) is 29.8. The molecule has 2 fully saturated rings. The van der Waals surface area contributed by atoms with Crippen molar-refractivity contribution in [2.24, 2.45) is 11.8 Å². The van der Waals surface area contributed by atoms with Crippen LogP contribution in [-0.4, -0.2) is 53.8 Å². The van der Waals surface area contributed by atoms with Crippen LogP contribution in [0.4, 0.5) is 0 Å². The summed E-state index contributed by atoms with van der Waals surface area (Å²) in [6, 6.07) is 4.83. The van der Waals surface area contributed by atoms with Crippen molar-refractivity contribution < 1.29 is 23.1 Å². The minimum atomic E-state index is -3.82. The molecule has 5 rings (SSSR count). The van der Waals surface area contributed by atoms with Gasteiger partial charge >= 0.3 is 5.97 Å². The summed E-state index contributed by atoms with van der Waals surface area (Å²) < 4.78 is 28.4. The number of rotatable bonds is 5. The number of hydrogen-bond donors (Lipinski definition) is 2. The Morgan fingerprint density at radius 3 is 2.47 bits per heavy atom. The Kier molecular flexibility index (Phi) is 7.05. The summed E-state index contributed by atoms with van der Waals surface area (Å²) in [5.74, 6) is -0.712. The Hall–Kier alpha value is -2.52. The standard InChI is InChI=1S/C27H35N3O5S/c1-17-6-2-4-8-22(17)29-26(31)18-12-14-30(15-13-18)36(34,35)19-10-11-24-21(16-19)25(27(32)33)20-7-3-5-9-23(20)28-24/h10-11,16-18,22H,2-9,12-15H2,1H3,(H,29,31)(H,32,33). The van der Waals surface area contributed by atoms with E-state index in [1.54, 1.807) is 6.07 Å². The third kappa shape index (κ3) is 4.75. The van der Waals surface area contributed by atoms with Crippen molar-refractivity contribution in [3.8, 4) is 0 Å². The van der Waals surface area contributed by atoms with E-state index >= 15 is 0 Å². The number of sulfonamides is 1. The molecule has 1 amide bonds. The number of carboxylic acids is 1. The van der Waals surface area contributed by atoms with Crippen LogP contribution in [0.15, 0.2) is 23.1 Å². The van der Waals surface area contributed by atoms with Crippen LogP contribution in [0.3, 0.4) is 0 Å². The number of carbonyl (C=O) groups excluding carboxylic acids is 1. The monoisotopic (exact) mass is 513 g/mol. The molecule has 1 aliphatic heterocycles. The average Bonchev–Trinajstić information content (AvgIpc) is 2.88. The number of amides is 1. The number of benzene rings is 1. The first-order valence-electron chi connectivity index (χ1n) is 13.2. The predicted octanol–water partition coefficient (Wildman–Crippen LogP) is 3.91. The smallest absolute Gasteiger partial charge is 0.336 e. The molecular formula is C27H35N3O5S. The molecule has 2 atom stereocenters. The molecule has 2 unspecified atom stereocenters. The van der Waals surface area contributed by atoms with Crippen molar-refractivity contribution in [3.05, 3.63) is 35.0 Å². The largest absolute Gasteiger partial charge is 0.478 e. The first-order valence-corrected chi connectivity index (χ1v) is 14.7. The molecule has 3 aliphatic rings. The number of nitrogens with one attached hydrogen (secondary N) is 1. The Morgan fingerprint density at radius 1 is 1.03 bits per heavy atom. The molecule has 2 aliphatic carbocycles. The summed E-state index contributed by atoms with van der Waals surface area (Å²) in [6.07, 6.45) is 8.73. The number of aryl methyl sites for hydroxylation is 1. The molecule has 1 aromatic heterocycles. The van der Waals surface area contributed by atoms with Crippen molar-refractivity contribution in [1.29, 1.82) is 0 Å². The molecular weight excluding hydrogens is 478 g/mol. The minimum Gasteiger partial charge on any atom is -0.478 e. The number of nitrogens with zero attached hydrogens (tertiary/aromatic N) is 2. The van der Waals surface area contributed by atoms with Gasteiger partial charge in [-0.05, 0) is 81.0 Å². The predicted molar refractivity (Wildman–Crippen MR) is 136 cm³/mol. The van der Waals surface area contributed by atoms with Gasteiger partial charge in [0.2, 0.25) is 15.9 Å². The van der Waals surface area contributed by atoms with Crippen LogP contribution in [0.5, 0.6) is 0 Å². The highest BCUT2D eigenvalue weighted by Crippen LogP contribution is 2.32. The van der Waals surface area contributed by atoms with Crippen LogP contribution in [0, 0.1) is 11.8 Å². The van der Waals surface area contributed by atoms with E-state index in [2.05, 4.69) is 17.2 Å². The molecule has 1 aromatic carbocycles. The van der Waals surface area contributed by atoms with Crippen molar-refractivity contribution in [2.45, 2.75) is 82.1 Å². The quantitative estimate of drug-likeness (QED) is 0.626. The van der Waals surface area contributed by atoms with Gasteiger partial charge in [0.25, 0.3) is 0 Å². The molecule has 0 bridgehead atoms. The molecule has 0 spiro atoms. The summed E-state index contributed by atoms with van der Waals surface area (Å²) in [7, 11) is -3.82. The van der Waals surface area contributed by atoms with Crippen molar-refractivity contribution in [3.63, 3.8) is 0 Å². The molecule has 0 radical (unpaired) electrons. The van der Waals surface area contributed by atoms with Gasteiger partial charge in [0.1, 0.15) is 0 Å². The Labute approximate surface area is 212 Å². The normalized spacial score (nSPS) is 23.8. The third-order valence-electron chi connectivity index (χ3n) is 8.35. The van der Waals surface area contributed by atoms with Gasteiger partial charge in [0.15, 0.2) is 0 Å². The first-order chi connectivity index (χ1) is 17.3. The molecule has 194 valence electrons. The Balaban J connectivity index is 1.33. The number of pyridine rings is 1. The second-order valence-electron chi connectivity index (χ2n) is 10.7. The van der Waals surface area contributed by atoms with Gasteiger partial charge in [-0.3, -0.25) is 9.78 Å². The van der Waals surface area contributed by atoms with Crippen LogP contribution >= 0.6 is 0 Å². The molecule has 2 heterocycles. The molecule has 1 saturated heterocycles.